The number of hydrogen-bond acceptors (Lipinski definition) is 3. The lowest BCUT2D eigenvalue weighted by atomic mass is 10.2. The van der Waals surface area contributed by atoms with Gasteiger partial charge < -0.3 is 10.5 Å². The molecule has 1 unspecified atom stereocenters. The molecule has 2 aromatic rings. The summed E-state index contributed by atoms with van der Waals surface area (Å²) in [5.74, 6) is 0.331. The van der Waals surface area contributed by atoms with E-state index >= 15 is 0 Å². The smallest absolute Gasteiger partial charge is 0.416 e. The molecule has 20 heavy (non-hydrogen) atoms. The molecule has 0 aliphatic rings. The maximum absolute atomic E-state index is 12.4. The van der Waals surface area contributed by atoms with E-state index in [1.165, 1.54) is 12.1 Å². The number of aromatic nitrogens is 2. The molecule has 0 saturated heterocycles. The molecule has 4 nitrogen and oxygen atoms in total. The minimum Gasteiger partial charge on any atom is -0.484 e. The Kier molecular flexibility index (Phi) is 3.99. The monoisotopic (exact) mass is 285 g/mol. The van der Waals surface area contributed by atoms with Crippen molar-refractivity contribution in [1.82, 2.24) is 9.78 Å². The molecular weight excluding hydrogens is 271 g/mol. The summed E-state index contributed by atoms with van der Waals surface area (Å²) in [6.07, 6.45) is -1.43. The fraction of sp³-hybridized carbons (Fsp3) is 0.308. The van der Waals surface area contributed by atoms with Crippen molar-refractivity contribution in [1.29, 1.82) is 0 Å². The van der Waals surface area contributed by atoms with Gasteiger partial charge in [0.05, 0.1) is 11.8 Å². The molecular formula is C13H14F3N3O. The van der Waals surface area contributed by atoms with Gasteiger partial charge in [-0.1, -0.05) is 0 Å². The van der Waals surface area contributed by atoms with Crippen LogP contribution < -0.4 is 10.5 Å². The quantitative estimate of drug-likeness (QED) is 0.939. The van der Waals surface area contributed by atoms with Crippen LogP contribution >= 0.6 is 0 Å². The highest BCUT2D eigenvalue weighted by atomic mass is 19.4. The number of aryl methyl sites for hydroxylation is 1. The minimum absolute atomic E-state index is 0.201. The van der Waals surface area contributed by atoms with Gasteiger partial charge in [-0.3, -0.25) is 4.68 Å². The van der Waals surface area contributed by atoms with Crippen LogP contribution in [0.4, 0.5) is 13.2 Å². The summed E-state index contributed by atoms with van der Waals surface area (Å²) in [6, 6.07) is 4.52. The van der Waals surface area contributed by atoms with E-state index in [0.29, 0.717) is 5.75 Å². The van der Waals surface area contributed by atoms with Gasteiger partial charge >= 0.3 is 6.18 Å². The number of hydrogen-bond donors (Lipinski definition) is 1. The first-order valence-corrected chi connectivity index (χ1v) is 5.92. The maximum atomic E-state index is 12.4. The molecule has 0 saturated carbocycles. The first kappa shape index (κ1) is 14.4. The fourth-order valence-electron chi connectivity index (χ4n) is 1.75. The number of ether oxygens (including phenoxy) is 1. The van der Waals surface area contributed by atoms with Crippen LogP contribution in [0.1, 0.15) is 17.2 Å². The molecule has 2 rings (SSSR count). The number of nitrogens with two attached hydrogens (primary N) is 1. The second-order valence-corrected chi connectivity index (χ2v) is 4.31. The number of halogens is 3. The highest BCUT2D eigenvalue weighted by molar-refractivity contribution is 5.29. The van der Waals surface area contributed by atoms with Crippen molar-refractivity contribution in [3.8, 4) is 5.75 Å². The molecule has 0 aliphatic heterocycles. The highest BCUT2D eigenvalue weighted by Crippen LogP contribution is 2.31. The molecule has 1 aromatic carbocycles. The summed E-state index contributed by atoms with van der Waals surface area (Å²) >= 11 is 0. The number of nitrogens with zero attached hydrogens (tertiary/aromatic N) is 2. The third-order valence-corrected chi connectivity index (χ3v) is 2.77. The zero-order chi connectivity index (χ0) is 14.8. The predicted octanol–water partition coefficient (Wildman–Crippen LogP) is 2.52. The van der Waals surface area contributed by atoms with Crippen LogP contribution in [0.3, 0.4) is 0 Å². The second-order valence-electron chi connectivity index (χ2n) is 4.31. The Labute approximate surface area is 114 Å². The second kappa shape index (κ2) is 5.54. The van der Waals surface area contributed by atoms with Gasteiger partial charge in [0.15, 0.2) is 0 Å². The van der Waals surface area contributed by atoms with Crippen molar-refractivity contribution in [2.45, 2.75) is 12.3 Å². The SMILES string of the molecule is Cn1cc(C(CN)Oc2ccc(C(F)(F)F)cc2)cn1. The van der Waals surface area contributed by atoms with Crippen LogP contribution in [-0.2, 0) is 13.2 Å². The van der Waals surface area contributed by atoms with Gasteiger partial charge in [0.25, 0.3) is 0 Å². The molecule has 7 heteroatoms. The van der Waals surface area contributed by atoms with E-state index in [2.05, 4.69) is 5.10 Å². The Morgan fingerprint density at radius 3 is 2.40 bits per heavy atom. The van der Waals surface area contributed by atoms with E-state index in [-0.39, 0.29) is 6.54 Å². The average Bonchev–Trinajstić information content (AvgIpc) is 2.82. The van der Waals surface area contributed by atoms with Gasteiger partial charge in [0.1, 0.15) is 11.9 Å². The van der Waals surface area contributed by atoms with Crippen LogP contribution in [0.15, 0.2) is 36.7 Å². The Hall–Kier alpha value is -2.02. The molecule has 0 spiro atoms. The van der Waals surface area contributed by atoms with Crippen LogP contribution in [0.25, 0.3) is 0 Å². The lowest BCUT2D eigenvalue weighted by Gasteiger charge is -2.16. The van der Waals surface area contributed by atoms with Crippen molar-refractivity contribution in [3.05, 3.63) is 47.8 Å². The third-order valence-electron chi connectivity index (χ3n) is 2.77. The molecule has 2 N–H and O–H groups in total. The zero-order valence-electron chi connectivity index (χ0n) is 10.8. The maximum Gasteiger partial charge on any atom is 0.416 e. The molecule has 1 aromatic heterocycles. The first-order chi connectivity index (χ1) is 9.40. The first-order valence-electron chi connectivity index (χ1n) is 5.92. The van der Waals surface area contributed by atoms with Gasteiger partial charge in [-0.05, 0) is 24.3 Å². The van der Waals surface area contributed by atoms with E-state index in [1.807, 2.05) is 0 Å². The van der Waals surface area contributed by atoms with Gasteiger partial charge in [-0.15, -0.1) is 0 Å². The summed E-state index contributed by atoms with van der Waals surface area (Å²) in [4.78, 5) is 0. The van der Waals surface area contributed by atoms with E-state index in [4.69, 9.17) is 10.5 Å². The van der Waals surface area contributed by atoms with Crippen molar-refractivity contribution in [2.24, 2.45) is 12.8 Å². The molecule has 108 valence electrons. The summed E-state index contributed by atoms with van der Waals surface area (Å²) in [5, 5.41) is 4.01. The van der Waals surface area contributed by atoms with Crippen LogP contribution in [-0.4, -0.2) is 16.3 Å². The third kappa shape index (κ3) is 3.30. The summed E-state index contributed by atoms with van der Waals surface area (Å²) in [5.41, 5.74) is 5.68. The van der Waals surface area contributed by atoms with Crippen LogP contribution in [0.5, 0.6) is 5.75 Å². The van der Waals surface area contributed by atoms with Crippen LogP contribution in [0, 0.1) is 0 Å². The number of alkyl halides is 3. The number of rotatable bonds is 4. The van der Waals surface area contributed by atoms with Crippen molar-refractivity contribution >= 4 is 0 Å². The number of benzene rings is 1. The Balaban J connectivity index is 2.12. The fourth-order valence-corrected chi connectivity index (χ4v) is 1.75. The Morgan fingerprint density at radius 2 is 1.95 bits per heavy atom. The van der Waals surface area contributed by atoms with E-state index in [0.717, 1.165) is 17.7 Å². The average molecular weight is 285 g/mol. The minimum atomic E-state index is -4.35. The molecule has 0 aliphatic carbocycles. The largest absolute Gasteiger partial charge is 0.484 e. The van der Waals surface area contributed by atoms with Crippen molar-refractivity contribution < 1.29 is 17.9 Å². The topological polar surface area (TPSA) is 53.1 Å². The molecule has 0 bridgehead atoms. The lowest BCUT2D eigenvalue weighted by molar-refractivity contribution is -0.137. The summed E-state index contributed by atoms with van der Waals surface area (Å²) in [7, 11) is 1.76. The molecule has 1 atom stereocenters. The highest BCUT2D eigenvalue weighted by Gasteiger charge is 2.30. The molecule has 0 radical (unpaired) electrons. The summed E-state index contributed by atoms with van der Waals surface area (Å²) < 4.78 is 44.5. The predicted molar refractivity (Wildman–Crippen MR) is 67.1 cm³/mol. The zero-order valence-corrected chi connectivity index (χ0v) is 10.8. The summed E-state index contributed by atoms with van der Waals surface area (Å²) in [6.45, 7) is 0.201. The van der Waals surface area contributed by atoms with Gasteiger partial charge in [-0.2, -0.15) is 18.3 Å². The Bertz CT molecular complexity index is 563. The molecule has 0 amide bonds. The van der Waals surface area contributed by atoms with Gasteiger partial charge in [-0.25, -0.2) is 0 Å². The van der Waals surface area contributed by atoms with E-state index in [1.54, 1.807) is 24.1 Å². The Morgan fingerprint density at radius 1 is 1.30 bits per heavy atom. The lowest BCUT2D eigenvalue weighted by Crippen LogP contribution is -2.18. The van der Waals surface area contributed by atoms with Gasteiger partial charge in [0, 0.05) is 25.4 Å². The van der Waals surface area contributed by atoms with Crippen molar-refractivity contribution in [2.75, 3.05) is 6.54 Å². The van der Waals surface area contributed by atoms with Crippen LogP contribution in [0.2, 0.25) is 0 Å². The molecule has 1 heterocycles. The van der Waals surface area contributed by atoms with Crippen molar-refractivity contribution in [3.63, 3.8) is 0 Å². The molecule has 0 fully saturated rings. The standard InChI is InChI=1S/C13H14F3N3O/c1-19-8-9(7-18-19)12(6-17)20-11-4-2-10(3-5-11)13(14,15)16/h2-5,7-8,12H,6,17H2,1H3. The van der Waals surface area contributed by atoms with Gasteiger partial charge in [0.2, 0.25) is 0 Å². The normalized spacial score (nSPS) is 13.2. The van der Waals surface area contributed by atoms with E-state index in [9.17, 15) is 13.2 Å². The van der Waals surface area contributed by atoms with E-state index < -0.39 is 17.8 Å².